The summed E-state index contributed by atoms with van der Waals surface area (Å²) in [6, 6.07) is 13.6. The van der Waals surface area contributed by atoms with Crippen LogP contribution in [0.25, 0.3) is 11.5 Å². The first-order chi connectivity index (χ1) is 15.7. The van der Waals surface area contributed by atoms with Crippen LogP contribution in [0.3, 0.4) is 0 Å². The van der Waals surface area contributed by atoms with Crippen molar-refractivity contribution in [2.75, 3.05) is 29.5 Å². The summed E-state index contributed by atoms with van der Waals surface area (Å²) < 4.78 is 55.4. The van der Waals surface area contributed by atoms with Gasteiger partial charge in [-0.1, -0.05) is 28.1 Å². The van der Waals surface area contributed by atoms with Crippen LogP contribution in [0.1, 0.15) is 11.5 Å². The maximum absolute atomic E-state index is 13.3. The molecule has 0 spiro atoms. The smallest absolute Gasteiger partial charge is 0.413 e. The van der Waals surface area contributed by atoms with Gasteiger partial charge in [-0.25, -0.2) is 4.79 Å². The first-order valence-electron chi connectivity index (χ1n) is 9.88. The summed E-state index contributed by atoms with van der Waals surface area (Å²) in [5.74, 6) is -0.760. The van der Waals surface area contributed by atoms with Crippen molar-refractivity contribution in [3.63, 3.8) is 0 Å². The van der Waals surface area contributed by atoms with E-state index in [-0.39, 0.29) is 18.5 Å². The van der Waals surface area contributed by atoms with Gasteiger partial charge in [-0.05, 0) is 42.0 Å². The monoisotopic (exact) mass is 542 g/mol. The molecule has 0 atom stereocenters. The molecule has 0 unspecified atom stereocenters. The molecule has 0 saturated carbocycles. The maximum Gasteiger partial charge on any atom is 0.470 e. The van der Waals surface area contributed by atoms with Gasteiger partial charge in [0.05, 0.1) is 6.54 Å². The van der Waals surface area contributed by atoms with Crippen LogP contribution in [-0.2, 0) is 23.5 Å². The highest BCUT2D eigenvalue weighted by Crippen LogP contribution is 2.30. The van der Waals surface area contributed by atoms with E-state index >= 15 is 0 Å². The Labute approximate surface area is 198 Å². The Hall–Kier alpha value is -2.73. The number of rotatable bonds is 4. The molecule has 2 heterocycles. The van der Waals surface area contributed by atoms with E-state index in [4.69, 9.17) is 4.42 Å². The van der Waals surface area contributed by atoms with Crippen LogP contribution >= 0.6 is 15.9 Å². The highest BCUT2D eigenvalue weighted by molar-refractivity contribution is 9.10. The van der Waals surface area contributed by atoms with Crippen LogP contribution in [0.2, 0.25) is 0 Å². The number of amides is 2. The average Bonchev–Trinajstić information content (AvgIpc) is 3.30. The number of hydrogen-bond acceptors (Lipinski definition) is 5. The van der Waals surface area contributed by atoms with Crippen molar-refractivity contribution < 1.29 is 26.6 Å². The van der Waals surface area contributed by atoms with Gasteiger partial charge in [0.15, 0.2) is 0 Å². The van der Waals surface area contributed by atoms with Gasteiger partial charge in [-0.3, -0.25) is 9.11 Å². The summed E-state index contributed by atoms with van der Waals surface area (Å²) in [5.41, 5.74) is 1.78. The molecule has 0 radical (unpaired) electrons. The fourth-order valence-electron chi connectivity index (χ4n) is 3.28. The Bertz CT molecular complexity index is 1140. The molecule has 1 fully saturated rings. The van der Waals surface area contributed by atoms with Crippen LogP contribution in [0.5, 0.6) is 0 Å². The van der Waals surface area contributed by atoms with Crippen molar-refractivity contribution in [3.05, 3.63) is 64.5 Å². The predicted molar refractivity (Wildman–Crippen MR) is 120 cm³/mol. The quantitative estimate of drug-likeness (QED) is 0.477. The lowest BCUT2D eigenvalue weighted by molar-refractivity contribution is -0.156. The fraction of sp³-hybridized carbons (Fsp3) is 0.286. The van der Waals surface area contributed by atoms with Gasteiger partial charge in [-0.2, -0.15) is 13.2 Å². The second-order valence-electron chi connectivity index (χ2n) is 7.29. The molecule has 2 aromatic carbocycles. The zero-order valence-corrected chi connectivity index (χ0v) is 19.5. The number of hydrogen-bond donors (Lipinski definition) is 0. The number of nitrogens with zero attached hydrogens (tertiary/aromatic N) is 4. The predicted octanol–water partition coefficient (Wildman–Crippen LogP) is 4.71. The number of carbonyl (C=O) groups is 1. The molecule has 3 aromatic rings. The summed E-state index contributed by atoms with van der Waals surface area (Å²) in [5, 5.41) is 6.49. The van der Waals surface area contributed by atoms with Crippen molar-refractivity contribution in [1.82, 2.24) is 15.1 Å². The van der Waals surface area contributed by atoms with Gasteiger partial charge in [0.2, 0.25) is 5.89 Å². The van der Waals surface area contributed by atoms with E-state index in [1.807, 2.05) is 24.3 Å². The molecule has 0 aliphatic carbocycles. The minimum absolute atomic E-state index is 0.204. The highest BCUT2D eigenvalue weighted by Gasteiger charge is 2.38. The highest BCUT2D eigenvalue weighted by atomic mass is 79.9. The summed E-state index contributed by atoms with van der Waals surface area (Å²) in [6.07, 6.45) is -4.71. The van der Waals surface area contributed by atoms with Crippen LogP contribution in [0.15, 0.2) is 57.4 Å². The van der Waals surface area contributed by atoms with Gasteiger partial charge in [0, 0.05) is 51.1 Å². The molecule has 7 nitrogen and oxygen atoms in total. The number of benzene rings is 2. The SMILES string of the molecule is O=C(N1CCS(=O)CC1)N(Cc1ccc(-c2nnc(C(F)(F)F)o2)cc1)c1ccc(Br)cc1. The third-order valence-corrected chi connectivity index (χ3v) is 6.83. The van der Waals surface area contributed by atoms with Gasteiger partial charge < -0.3 is 9.32 Å². The lowest BCUT2D eigenvalue weighted by Crippen LogP contribution is -2.48. The van der Waals surface area contributed by atoms with Crippen molar-refractivity contribution in [2.45, 2.75) is 12.7 Å². The molecule has 0 N–H and O–H groups in total. The van der Waals surface area contributed by atoms with E-state index in [0.29, 0.717) is 35.8 Å². The molecule has 2 amide bonds. The Morgan fingerprint density at radius 3 is 2.27 bits per heavy atom. The second kappa shape index (κ2) is 9.64. The molecular formula is C21H18BrF3N4O3S. The molecule has 0 bridgehead atoms. The summed E-state index contributed by atoms with van der Waals surface area (Å²) in [4.78, 5) is 16.6. The Morgan fingerprint density at radius 1 is 1.06 bits per heavy atom. The molecule has 1 aliphatic heterocycles. The van der Waals surface area contributed by atoms with Crippen LogP contribution in [-0.4, -0.2) is 49.9 Å². The van der Waals surface area contributed by atoms with E-state index in [1.54, 1.807) is 34.1 Å². The Balaban J connectivity index is 1.55. The normalized spacial score (nSPS) is 15.0. The molecule has 1 aliphatic rings. The number of anilines is 1. The van der Waals surface area contributed by atoms with Crippen molar-refractivity contribution >= 4 is 38.4 Å². The average molecular weight is 543 g/mol. The number of alkyl halides is 3. The third kappa shape index (κ3) is 5.61. The lowest BCUT2D eigenvalue weighted by Gasteiger charge is -2.33. The second-order valence-corrected chi connectivity index (χ2v) is 9.90. The topological polar surface area (TPSA) is 79.5 Å². The van der Waals surface area contributed by atoms with Crippen LogP contribution < -0.4 is 4.90 Å². The first kappa shape index (κ1) is 23.4. The molecule has 1 aromatic heterocycles. The summed E-state index contributed by atoms with van der Waals surface area (Å²) in [7, 11) is -0.910. The molecule has 12 heteroatoms. The molecule has 174 valence electrons. The van der Waals surface area contributed by atoms with Gasteiger partial charge in [0.25, 0.3) is 0 Å². The first-order valence-corrected chi connectivity index (χ1v) is 12.2. The summed E-state index contributed by atoms with van der Waals surface area (Å²) >= 11 is 3.39. The minimum atomic E-state index is -4.71. The number of urea groups is 1. The largest absolute Gasteiger partial charge is 0.470 e. The zero-order valence-electron chi connectivity index (χ0n) is 17.1. The molecule has 1 saturated heterocycles. The Morgan fingerprint density at radius 2 is 1.70 bits per heavy atom. The van der Waals surface area contributed by atoms with E-state index in [0.717, 1.165) is 10.0 Å². The number of aromatic nitrogens is 2. The zero-order chi connectivity index (χ0) is 23.6. The van der Waals surface area contributed by atoms with E-state index in [1.165, 1.54) is 0 Å². The molecule has 33 heavy (non-hydrogen) atoms. The molecule has 4 rings (SSSR count). The lowest BCUT2D eigenvalue weighted by atomic mass is 10.1. The van der Waals surface area contributed by atoms with Crippen molar-refractivity contribution in [1.29, 1.82) is 0 Å². The number of carbonyl (C=O) groups excluding carboxylic acids is 1. The minimum Gasteiger partial charge on any atom is -0.413 e. The van der Waals surface area contributed by atoms with E-state index in [2.05, 4.69) is 26.1 Å². The third-order valence-electron chi connectivity index (χ3n) is 5.03. The van der Waals surface area contributed by atoms with Gasteiger partial charge in [-0.15, -0.1) is 10.2 Å². The van der Waals surface area contributed by atoms with Crippen LogP contribution in [0.4, 0.5) is 23.7 Å². The maximum atomic E-state index is 13.3. The van der Waals surface area contributed by atoms with Crippen LogP contribution in [0, 0.1) is 0 Å². The Kier molecular flexibility index (Phi) is 6.84. The van der Waals surface area contributed by atoms with E-state index < -0.39 is 22.9 Å². The number of halogens is 4. The summed E-state index contributed by atoms with van der Waals surface area (Å²) in [6.45, 7) is 1.06. The van der Waals surface area contributed by atoms with E-state index in [9.17, 15) is 22.2 Å². The molecular weight excluding hydrogens is 525 g/mol. The van der Waals surface area contributed by atoms with Crippen molar-refractivity contribution in [3.8, 4) is 11.5 Å². The fourth-order valence-corrected chi connectivity index (χ4v) is 4.60. The van der Waals surface area contributed by atoms with Crippen molar-refractivity contribution in [2.24, 2.45) is 0 Å². The van der Waals surface area contributed by atoms with Gasteiger partial charge in [0.1, 0.15) is 0 Å². The van der Waals surface area contributed by atoms with Gasteiger partial charge >= 0.3 is 18.1 Å². The standard InChI is InChI=1S/C21H18BrF3N4O3S/c22-16-5-7-17(8-6-16)29(20(30)28-9-11-33(31)12-10-28)13-14-1-3-15(4-2-14)18-26-27-19(32-18)21(23,24)25/h1-8H,9-13H2.